The summed E-state index contributed by atoms with van der Waals surface area (Å²) in [4.78, 5) is 10.5. The van der Waals surface area contributed by atoms with Crippen LogP contribution in [0.15, 0.2) is 18.2 Å². The van der Waals surface area contributed by atoms with Gasteiger partial charge in [-0.1, -0.05) is 0 Å². The quantitative estimate of drug-likeness (QED) is 0.381. The molecule has 7 heteroatoms. The molecule has 0 fully saturated rings. The van der Waals surface area contributed by atoms with Crippen LogP contribution in [-0.4, -0.2) is 33.4 Å². The van der Waals surface area contributed by atoms with Gasteiger partial charge in [-0.25, -0.2) is 0 Å². The van der Waals surface area contributed by atoms with Gasteiger partial charge in [-0.3, -0.25) is 0 Å². The zero-order valence-electron chi connectivity index (χ0n) is 6.91. The molecule has 0 unspecified atom stereocenters. The van der Waals surface area contributed by atoms with Gasteiger partial charge in [0.15, 0.2) is 0 Å². The fraction of sp³-hybridized carbons (Fsp3) is 0. The van der Waals surface area contributed by atoms with Crippen molar-refractivity contribution in [3.63, 3.8) is 0 Å². The maximum atomic E-state index is 10.9. The second kappa shape index (κ2) is 3.49. The monoisotopic (exact) mass is 261 g/mol. The van der Waals surface area contributed by atoms with Crippen LogP contribution in [0.4, 0.5) is 5.69 Å². The van der Waals surface area contributed by atoms with Crippen LogP contribution >= 0.6 is 0 Å². The molecular weight excluding hydrogens is 253 g/mol. The Morgan fingerprint density at radius 2 is 1.93 bits per heavy atom. The number of carbonyl (C=O) groups is 1. The van der Waals surface area contributed by atoms with Crippen LogP contribution in [0.5, 0.6) is 0 Å². The summed E-state index contributed by atoms with van der Waals surface area (Å²) in [5.41, 5.74) is 5.01. The number of aromatic carboxylic acids is 1. The Hall–Kier alpha value is -1.23. The molecule has 5 N–H and O–H groups in total. The van der Waals surface area contributed by atoms with E-state index in [2.05, 4.69) is 0 Å². The molecule has 0 heterocycles. The molecule has 6 nitrogen and oxygen atoms in total. The summed E-state index contributed by atoms with van der Waals surface area (Å²) in [6.45, 7) is 0. The number of carboxylic acid groups (broad SMARTS) is 1. The summed E-state index contributed by atoms with van der Waals surface area (Å²) in [5, 5.41) is 8.56. The van der Waals surface area contributed by atoms with Gasteiger partial charge in [-0.2, -0.15) is 0 Å². The first-order valence-electron chi connectivity index (χ1n) is 3.51. The number of nitrogen functional groups attached to an aromatic ring is 1. The fourth-order valence-electron chi connectivity index (χ4n) is 0.953. The summed E-state index contributed by atoms with van der Waals surface area (Å²) in [7, 11) is 0. The first kappa shape index (κ1) is 10.8. The molecule has 0 aliphatic rings. The first-order valence-corrected chi connectivity index (χ1v) is 6.89. The number of anilines is 1. The average Bonchev–Trinajstić information content (AvgIpc) is 2.01. The van der Waals surface area contributed by atoms with Crippen molar-refractivity contribution in [1.82, 2.24) is 0 Å². The van der Waals surface area contributed by atoms with Crippen LogP contribution in [0.25, 0.3) is 0 Å². The van der Waals surface area contributed by atoms with Gasteiger partial charge in [0.25, 0.3) is 0 Å². The van der Waals surface area contributed by atoms with E-state index in [4.69, 9.17) is 19.0 Å². The molecule has 0 amide bonds. The Morgan fingerprint density at radius 1 is 1.36 bits per heavy atom. The van der Waals surface area contributed by atoms with Crippen LogP contribution in [0.1, 0.15) is 10.4 Å². The SMILES string of the molecule is Nc1cc(C(=O)O)ccc1[As](=O)(O)O. The van der Waals surface area contributed by atoms with Gasteiger partial charge in [-0.05, 0) is 0 Å². The number of benzene rings is 1. The summed E-state index contributed by atoms with van der Waals surface area (Å²) in [6.07, 6.45) is 0. The minimum atomic E-state index is -5.04. The van der Waals surface area contributed by atoms with Gasteiger partial charge in [-0.15, -0.1) is 0 Å². The molecule has 0 aromatic heterocycles. The standard InChI is InChI=1S/C7H8AsNO5/c9-6-3-4(7(10)11)1-2-5(6)8(12,13)14/h1-3H,9H2,(H,10,11)(H2,12,13,14). The van der Waals surface area contributed by atoms with Gasteiger partial charge in [0, 0.05) is 0 Å². The van der Waals surface area contributed by atoms with Crippen molar-refractivity contribution in [2.45, 2.75) is 0 Å². The third-order valence-corrected chi connectivity index (χ3v) is 3.76. The van der Waals surface area contributed by atoms with E-state index in [9.17, 15) is 8.53 Å². The van der Waals surface area contributed by atoms with Crippen molar-refractivity contribution >= 4 is 30.2 Å². The van der Waals surface area contributed by atoms with Gasteiger partial charge in [0.1, 0.15) is 0 Å². The van der Waals surface area contributed by atoms with E-state index in [1.54, 1.807) is 0 Å². The fourth-order valence-corrected chi connectivity index (χ4v) is 2.36. The van der Waals surface area contributed by atoms with E-state index >= 15 is 0 Å². The van der Waals surface area contributed by atoms with Crippen molar-refractivity contribution < 1.29 is 21.8 Å². The Balaban J connectivity index is 3.28. The van der Waals surface area contributed by atoms with Crippen molar-refractivity contribution in [3.8, 4) is 0 Å². The number of hydrogen-bond donors (Lipinski definition) is 4. The van der Waals surface area contributed by atoms with Crippen molar-refractivity contribution in [2.75, 3.05) is 5.73 Å². The van der Waals surface area contributed by atoms with E-state index in [-0.39, 0.29) is 15.6 Å². The van der Waals surface area contributed by atoms with Crippen LogP contribution in [0.3, 0.4) is 0 Å². The summed E-state index contributed by atoms with van der Waals surface area (Å²) < 4.78 is 28.3. The van der Waals surface area contributed by atoms with E-state index in [1.807, 2.05) is 0 Å². The molecule has 0 aliphatic heterocycles. The Labute approximate surface area is 82.0 Å². The Kier molecular flexibility index (Phi) is 2.71. The molecule has 0 bridgehead atoms. The first-order chi connectivity index (χ1) is 6.32. The topological polar surface area (TPSA) is 121 Å². The van der Waals surface area contributed by atoms with Crippen LogP contribution < -0.4 is 10.1 Å². The molecule has 0 radical (unpaired) electrons. The summed E-state index contributed by atoms with van der Waals surface area (Å²) in [5.74, 6) is -1.19. The normalized spacial score (nSPS) is 11.3. The summed E-state index contributed by atoms with van der Waals surface area (Å²) >= 11 is -5.04. The summed E-state index contributed by atoms with van der Waals surface area (Å²) in [6, 6.07) is 3.17. The minimum absolute atomic E-state index is 0.102. The number of hydrogen-bond acceptors (Lipinski definition) is 3. The molecule has 0 aliphatic carbocycles. The predicted octanol–water partition coefficient (Wildman–Crippen LogP) is -1.47. The third kappa shape index (κ3) is 2.17. The number of carboxylic acids is 1. The molecule has 1 aromatic rings. The number of nitrogens with two attached hydrogens (primary N) is 1. The van der Waals surface area contributed by atoms with Gasteiger partial charge >= 0.3 is 81.5 Å². The van der Waals surface area contributed by atoms with Gasteiger partial charge in [0.05, 0.1) is 0 Å². The van der Waals surface area contributed by atoms with Gasteiger partial charge in [0.2, 0.25) is 0 Å². The second-order valence-corrected chi connectivity index (χ2v) is 5.92. The second-order valence-electron chi connectivity index (χ2n) is 2.62. The maximum absolute atomic E-state index is 10.9. The van der Waals surface area contributed by atoms with E-state index in [1.165, 1.54) is 0 Å². The molecule has 14 heavy (non-hydrogen) atoms. The van der Waals surface area contributed by atoms with Crippen LogP contribution in [-0.2, 0) is 3.74 Å². The van der Waals surface area contributed by atoms with E-state index in [0.717, 1.165) is 18.2 Å². The zero-order chi connectivity index (χ0) is 10.9. The molecular formula is C7H8AsNO5. The van der Waals surface area contributed by atoms with E-state index in [0.29, 0.717) is 0 Å². The molecule has 0 spiro atoms. The average molecular weight is 261 g/mol. The Morgan fingerprint density at radius 3 is 2.29 bits per heavy atom. The van der Waals surface area contributed by atoms with Crippen LogP contribution in [0.2, 0.25) is 0 Å². The molecule has 1 aromatic carbocycles. The molecule has 0 saturated heterocycles. The predicted molar refractivity (Wildman–Crippen MR) is 48.3 cm³/mol. The van der Waals surface area contributed by atoms with Crippen LogP contribution in [0, 0.1) is 0 Å². The van der Waals surface area contributed by atoms with Crippen molar-refractivity contribution in [2.24, 2.45) is 0 Å². The molecule has 0 saturated carbocycles. The van der Waals surface area contributed by atoms with Gasteiger partial charge < -0.3 is 0 Å². The van der Waals surface area contributed by atoms with Crippen molar-refractivity contribution in [3.05, 3.63) is 23.8 Å². The Bertz CT molecular complexity index is 424. The third-order valence-electron chi connectivity index (χ3n) is 1.59. The van der Waals surface area contributed by atoms with Crippen molar-refractivity contribution in [1.29, 1.82) is 0 Å². The molecule has 0 atom stereocenters. The molecule has 1 rings (SSSR count). The number of rotatable bonds is 2. The molecule has 76 valence electrons. The van der Waals surface area contributed by atoms with E-state index < -0.39 is 20.1 Å². The zero-order valence-corrected chi connectivity index (χ0v) is 8.79.